The minimum atomic E-state index is 0.0353. The van der Waals surface area contributed by atoms with Gasteiger partial charge in [0, 0.05) is 31.8 Å². The molecule has 0 atom stereocenters. The molecule has 24 heavy (non-hydrogen) atoms. The Hall–Kier alpha value is -2.20. The average Bonchev–Trinajstić information content (AvgIpc) is 2.63. The number of hydrogen-bond donors (Lipinski definition) is 1. The van der Waals surface area contributed by atoms with Crippen LogP contribution in [0.3, 0.4) is 0 Å². The summed E-state index contributed by atoms with van der Waals surface area (Å²) in [5, 5.41) is 4.43. The van der Waals surface area contributed by atoms with Gasteiger partial charge in [0.1, 0.15) is 0 Å². The molecule has 0 radical (unpaired) electrons. The van der Waals surface area contributed by atoms with Crippen molar-refractivity contribution in [2.45, 2.75) is 32.1 Å². The van der Waals surface area contributed by atoms with Gasteiger partial charge in [0.2, 0.25) is 5.91 Å². The van der Waals surface area contributed by atoms with Crippen molar-refractivity contribution in [1.29, 1.82) is 0 Å². The zero-order valence-corrected chi connectivity index (χ0v) is 14.2. The van der Waals surface area contributed by atoms with Crippen LogP contribution >= 0.6 is 11.3 Å². The first-order valence-corrected chi connectivity index (χ1v) is 9.30. The lowest BCUT2D eigenvalue weighted by Crippen LogP contribution is -2.24. The predicted octanol–water partition coefficient (Wildman–Crippen LogP) is 4.93. The molecule has 4 heteroatoms. The number of anilines is 1. The smallest absolute Gasteiger partial charge is 0.227 e. The van der Waals surface area contributed by atoms with E-state index in [1.165, 1.54) is 6.42 Å². The van der Waals surface area contributed by atoms with Gasteiger partial charge in [0.25, 0.3) is 0 Å². The van der Waals surface area contributed by atoms with Gasteiger partial charge in [-0.25, -0.2) is 0 Å². The lowest BCUT2D eigenvalue weighted by Gasteiger charge is -2.20. The van der Waals surface area contributed by atoms with Crippen LogP contribution in [0.2, 0.25) is 0 Å². The second-order valence-corrected chi connectivity index (χ2v) is 7.55. The molecule has 3 nitrogen and oxygen atoms in total. The molecule has 1 aliphatic carbocycles. The van der Waals surface area contributed by atoms with E-state index < -0.39 is 0 Å². The first kappa shape index (κ1) is 15.3. The average molecular weight is 337 g/mol. The maximum Gasteiger partial charge on any atom is 0.227 e. The molecule has 0 saturated heterocycles. The van der Waals surface area contributed by atoms with Crippen molar-refractivity contribution in [2.75, 3.05) is 5.32 Å². The number of amides is 1. The quantitative estimate of drug-likeness (QED) is 0.674. The second kappa shape index (κ2) is 6.36. The molecule has 0 spiro atoms. The van der Waals surface area contributed by atoms with Crippen LogP contribution in [0, 0.1) is 5.92 Å². The first-order valence-electron chi connectivity index (χ1n) is 8.49. The topological polar surface area (TPSA) is 46.2 Å². The molecule has 1 saturated carbocycles. The molecule has 2 aromatic carbocycles. The highest BCUT2D eigenvalue weighted by Gasteiger charge is 2.21. The minimum absolute atomic E-state index is 0.0353. The Balaban J connectivity index is 1.70. The van der Waals surface area contributed by atoms with Gasteiger partial charge in [-0.3, -0.25) is 9.59 Å². The molecule has 4 rings (SSSR count). The van der Waals surface area contributed by atoms with Gasteiger partial charge < -0.3 is 5.32 Å². The standard InChI is InChI=1S/C20H19NO2S/c22-19-15-8-4-5-9-17(15)24-18-11-10-14(12-16(18)19)21-20(23)13-6-2-1-3-7-13/h4-5,8-13H,1-3,6-7H2,(H,21,23). The van der Waals surface area contributed by atoms with E-state index in [0.717, 1.165) is 46.2 Å². The molecule has 1 aliphatic rings. The van der Waals surface area contributed by atoms with Crippen molar-refractivity contribution >= 4 is 43.1 Å². The van der Waals surface area contributed by atoms with Crippen LogP contribution in [0.4, 0.5) is 5.69 Å². The number of hydrogen-bond acceptors (Lipinski definition) is 3. The Morgan fingerprint density at radius 3 is 2.54 bits per heavy atom. The molecule has 0 bridgehead atoms. The number of fused-ring (bicyclic) bond motifs is 2. The monoisotopic (exact) mass is 337 g/mol. The highest BCUT2D eigenvalue weighted by molar-refractivity contribution is 7.24. The van der Waals surface area contributed by atoms with E-state index in [0.29, 0.717) is 5.39 Å². The highest BCUT2D eigenvalue weighted by atomic mass is 32.1. The second-order valence-electron chi connectivity index (χ2n) is 6.46. The molecule has 3 aromatic rings. The Kier molecular flexibility index (Phi) is 4.07. The highest BCUT2D eigenvalue weighted by Crippen LogP contribution is 2.28. The number of rotatable bonds is 2. The van der Waals surface area contributed by atoms with E-state index in [2.05, 4.69) is 5.32 Å². The van der Waals surface area contributed by atoms with Crippen LogP contribution in [-0.2, 0) is 4.79 Å². The fourth-order valence-corrected chi connectivity index (χ4v) is 4.54. The Bertz CT molecular complexity index is 970. The fraction of sp³-hybridized carbons (Fsp3) is 0.300. The van der Waals surface area contributed by atoms with Crippen LogP contribution in [0.1, 0.15) is 32.1 Å². The SMILES string of the molecule is O=C(Nc1ccc2sc3ccccc3c(=O)c2c1)C1CCCCC1. The third kappa shape index (κ3) is 2.82. The number of carbonyl (C=O) groups excluding carboxylic acids is 1. The van der Waals surface area contributed by atoms with Crippen molar-refractivity contribution in [3.63, 3.8) is 0 Å². The van der Waals surface area contributed by atoms with Gasteiger partial charge in [-0.1, -0.05) is 31.4 Å². The van der Waals surface area contributed by atoms with Gasteiger partial charge in [-0.05, 0) is 43.2 Å². The van der Waals surface area contributed by atoms with Crippen molar-refractivity contribution in [3.8, 4) is 0 Å². The molecule has 0 unspecified atom stereocenters. The predicted molar refractivity (Wildman–Crippen MR) is 101 cm³/mol. The van der Waals surface area contributed by atoms with Crippen molar-refractivity contribution < 1.29 is 4.79 Å². The number of nitrogens with one attached hydrogen (secondary N) is 1. The van der Waals surface area contributed by atoms with E-state index in [9.17, 15) is 9.59 Å². The molecule has 1 amide bonds. The summed E-state index contributed by atoms with van der Waals surface area (Å²) in [6, 6.07) is 13.3. The molecule has 122 valence electrons. The Labute approximate surface area is 144 Å². The molecule has 1 heterocycles. The van der Waals surface area contributed by atoms with Crippen molar-refractivity contribution in [1.82, 2.24) is 0 Å². The summed E-state index contributed by atoms with van der Waals surface area (Å²) in [7, 11) is 0. The van der Waals surface area contributed by atoms with E-state index in [1.54, 1.807) is 11.3 Å². The summed E-state index contributed by atoms with van der Waals surface area (Å²) in [4.78, 5) is 25.1. The van der Waals surface area contributed by atoms with E-state index in [4.69, 9.17) is 0 Å². The van der Waals surface area contributed by atoms with Crippen LogP contribution in [0.15, 0.2) is 47.3 Å². The van der Waals surface area contributed by atoms with Crippen LogP contribution in [-0.4, -0.2) is 5.91 Å². The summed E-state index contributed by atoms with van der Waals surface area (Å²) in [6.45, 7) is 0. The zero-order valence-electron chi connectivity index (χ0n) is 13.4. The molecule has 1 aromatic heterocycles. The molecular weight excluding hydrogens is 318 g/mol. The zero-order chi connectivity index (χ0) is 16.5. The van der Waals surface area contributed by atoms with Gasteiger partial charge in [0.05, 0.1) is 0 Å². The lowest BCUT2D eigenvalue weighted by molar-refractivity contribution is -0.120. The summed E-state index contributed by atoms with van der Waals surface area (Å²) in [6.07, 6.45) is 5.44. The van der Waals surface area contributed by atoms with E-state index >= 15 is 0 Å². The largest absolute Gasteiger partial charge is 0.326 e. The van der Waals surface area contributed by atoms with Crippen LogP contribution in [0.25, 0.3) is 20.2 Å². The molecular formula is C20H19NO2S. The Morgan fingerprint density at radius 1 is 0.958 bits per heavy atom. The third-order valence-electron chi connectivity index (χ3n) is 4.82. The van der Waals surface area contributed by atoms with Gasteiger partial charge in [0.15, 0.2) is 5.43 Å². The molecule has 0 aliphatic heterocycles. The first-order chi connectivity index (χ1) is 11.7. The molecule has 1 fully saturated rings. The Morgan fingerprint density at radius 2 is 1.71 bits per heavy atom. The molecule has 1 N–H and O–H groups in total. The van der Waals surface area contributed by atoms with E-state index in [1.807, 2.05) is 42.5 Å². The summed E-state index contributed by atoms with van der Waals surface area (Å²) >= 11 is 1.61. The maximum absolute atomic E-state index is 12.7. The van der Waals surface area contributed by atoms with Crippen molar-refractivity contribution in [2.24, 2.45) is 5.92 Å². The lowest BCUT2D eigenvalue weighted by atomic mass is 9.88. The summed E-state index contributed by atoms with van der Waals surface area (Å²) < 4.78 is 1.95. The summed E-state index contributed by atoms with van der Waals surface area (Å²) in [5.74, 6) is 0.201. The third-order valence-corrected chi connectivity index (χ3v) is 5.97. The fourth-order valence-electron chi connectivity index (χ4n) is 3.49. The van der Waals surface area contributed by atoms with Crippen LogP contribution < -0.4 is 10.7 Å². The minimum Gasteiger partial charge on any atom is -0.326 e. The number of carbonyl (C=O) groups is 1. The normalized spacial score (nSPS) is 15.7. The number of benzene rings is 2. The van der Waals surface area contributed by atoms with Crippen LogP contribution in [0.5, 0.6) is 0 Å². The van der Waals surface area contributed by atoms with Gasteiger partial charge in [-0.15, -0.1) is 11.3 Å². The van der Waals surface area contributed by atoms with E-state index in [-0.39, 0.29) is 17.3 Å². The van der Waals surface area contributed by atoms with Crippen molar-refractivity contribution in [3.05, 3.63) is 52.7 Å². The summed E-state index contributed by atoms with van der Waals surface area (Å²) in [5.41, 5.74) is 0.755. The van der Waals surface area contributed by atoms with Gasteiger partial charge in [-0.2, -0.15) is 0 Å². The van der Waals surface area contributed by atoms with Gasteiger partial charge >= 0.3 is 0 Å². The maximum atomic E-state index is 12.7.